The number of hydrogen-bond donors (Lipinski definition) is 0. The van der Waals surface area contributed by atoms with Gasteiger partial charge in [-0.05, 0) is 81.5 Å². The minimum atomic E-state index is -3.62. The van der Waals surface area contributed by atoms with Crippen molar-refractivity contribution in [2.75, 3.05) is 31.1 Å². The Labute approximate surface area is 203 Å². The van der Waals surface area contributed by atoms with Gasteiger partial charge in [-0.3, -0.25) is 9.59 Å². The van der Waals surface area contributed by atoms with E-state index in [9.17, 15) is 18.0 Å². The highest BCUT2D eigenvalue weighted by molar-refractivity contribution is 7.89. The van der Waals surface area contributed by atoms with Gasteiger partial charge >= 0.3 is 0 Å². The molecule has 3 heterocycles. The molecule has 2 saturated heterocycles. The van der Waals surface area contributed by atoms with Crippen LogP contribution in [0.5, 0.6) is 0 Å². The van der Waals surface area contributed by atoms with E-state index >= 15 is 0 Å². The first-order valence-corrected chi connectivity index (χ1v) is 14.4. The Morgan fingerprint density at radius 3 is 2.12 bits per heavy atom. The molecule has 0 aromatic heterocycles. The van der Waals surface area contributed by atoms with E-state index in [0.717, 1.165) is 56.4 Å². The highest BCUT2D eigenvalue weighted by Gasteiger charge is 2.39. The maximum absolute atomic E-state index is 13.4. The maximum Gasteiger partial charge on any atom is 0.243 e. The lowest BCUT2D eigenvalue weighted by Gasteiger charge is -2.36. The first kappa shape index (κ1) is 23.8. The SMILES string of the molecule is CC1CCN(C(=O)C2CCN(S(=O)(=O)c3ccc4c(c3)C[C@H](C)N4C(=O)C3CCC3)CC2)CC1. The lowest BCUT2D eigenvalue weighted by molar-refractivity contribution is -0.138. The lowest BCUT2D eigenvalue weighted by Crippen LogP contribution is -2.46. The summed E-state index contributed by atoms with van der Waals surface area (Å²) in [7, 11) is -3.62. The molecule has 8 heteroatoms. The Morgan fingerprint density at radius 2 is 1.50 bits per heavy atom. The van der Waals surface area contributed by atoms with Crippen LogP contribution < -0.4 is 4.90 Å². The van der Waals surface area contributed by atoms with Crippen LogP contribution >= 0.6 is 0 Å². The van der Waals surface area contributed by atoms with Gasteiger partial charge in [-0.1, -0.05) is 13.3 Å². The first-order valence-electron chi connectivity index (χ1n) is 13.0. The van der Waals surface area contributed by atoms with Crippen LogP contribution in [-0.2, 0) is 26.0 Å². The summed E-state index contributed by atoms with van der Waals surface area (Å²) in [5, 5.41) is 0. The Morgan fingerprint density at radius 1 is 0.853 bits per heavy atom. The Balaban J connectivity index is 1.25. The third-order valence-electron chi connectivity index (χ3n) is 8.49. The van der Waals surface area contributed by atoms with Crippen LogP contribution in [-0.4, -0.2) is 61.7 Å². The van der Waals surface area contributed by atoms with Gasteiger partial charge < -0.3 is 9.80 Å². The molecule has 3 aliphatic heterocycles. The monoisotopic (exact) mass is 487 g/mol. The number of benzene rings is 1. The molecule has 0 bridgehead atoms. The normalized spacial score (nSPS) is 25.3. The molecule has 1 atom stereocenters. The molecule has 186 valence electrons. The first-order chi connectivity index (χ1) is 16.3. The van der Waals surface area contributed by atoms with Gasteiger partial charge in [0, 0.05) is 49.7 Å². The molecule has 0 radical (unpaired) electrons. The van der Waals surface area contributed by atoms with E-state index in [0.29, 0.717) is 43.2 Å². The van der Waals surface area contributed by atoms with Gasteiger partial charge in [0.1, 0.15) is 0 Å². The van der Waals surface area contributed by atoms with Crippen LogP contribution in [0.15, 0.2) is 23.1 Å². The van der Waals surface area contributed by atoms with Crippen molar-refractivity contribution in [1.29, 1.82) is 0 Å². The van der Waals surface area contributed by atoms with Crippen molar-refractivity contribution in [1.82, 2.24) is 9.21 Å². The number of nitrogens with zero attached hydrogens (tertiary/aromatic N) is 3. The van der Waals surface area contributed by atoms with Crippen molar-refractivity contribution >= 4 is 27.5 Å². The number of hydrogen-bond acceptors (Lipinski definition) is 4. The van der Waals surface area contributed by atoms with Gasteiger partial charge in [0.25, 0.3) is 0 Å². The number of rotatable bonds is 4. The van der Waals surface area contributed by atoms with E-state index in [2.05, 4.69) is 6.92 Å². The summed E-state index contributed by atoms with van der Waals surface area (Å²) >= 11 is 0. The van der Waals surface area contributed by atoms with E-state index in [1.807, 2.05) is 22.8 Å². The number of piperidine rings is 2. The topological polar surface area (TPSA) is 78.0 Å². The Hall–Kier alpha value is -1.93. The number of sulfonamides is 1. The number of likely N-dealkylation sites (tertiary alicyclic amines) is 1. The largest absolute Gasteiger partial charge is 0.342 e. The van der Waals surface area contributed by atoms with E-state index < -0.39 is 10.0 Å². The molecular formula is C26H37N3O4S. The summed E-state index contributed by atoms with van der Waals surface area (Å²) in [5.74, 6) is 1.10. The summed E-state index contributed by atoms with van der Waals surface area (Å²) in [6.07, 6.45) is 6.98. The average molecular weight is 488 g/mol. The number of anilines is 1. The summed E-state index contributed by atoms with van der Waals surface area (Å²) in [6.45, 7) is 6.67. The molecule has 2 amide bonds. The molecule has 34 heavy (non-hydrogen) atoms. The van der Waals surface area contributed by atoms with Crippen molar-refractivity contribution in [3.63, 3.8) is 0 Å². The lowest BCUT2D eigenvalue weighted by atomic mass is 9.84. The van der Waals surface area contributed by atoms with Gasteiger partial charge in [-0.15, -0.1) is 0 Å². The fourth-order valence-corrected chi connectivity index (χ4v) is 7.46. The predicted octanol–water partition coefficient (Wildman–Crippen LogP) is 3.42. The zero-order valence-electron chi connectivity index (χ0n) is 20.4. The fourth-order valence-electron chi connectivity index (χ4n) is 5.93. The van der Waals surface area contributed by atoms with E-state index in [1.165, 1.54) is 4.31 Å². The summed E-state index contributed by atoms with van der Waals surface area (Å²) in [5.41, 5.74) is 1.80. The second-order valence-electron chi connectivity index (χ2n) is 10.9. The Kier molecular flexibility index (Phi) is 6.48. The molecule has 1 aromatic rings. The van der Waals surface area contributed by atoms with Crippen molar-refractivity contribution in [3.8, 4) is 0 Å². The van der Waals surface area contributed by atoms with Crippen molar-refractivity contribution < 1.29 is 18.0 Å². The molecule has 7 nitrogen and oxygen atoms in total. The summed E-state index contributed by atoms with van der Waals surface area (Å²) < 4.78 is 28.4. The number of carbonyl (C=O) groups excluding carboxylic acids is 2. The van der Waals surface area contributed by atoms with Gasteiger partial charge in [0.2, 0.25) is 21.8 Å². The molecule has 0 spiro atoms. The third-order valence-corrected chi connectivity index (χ3v) is 10.4. The highest BCUT2D eigenvalue weighted by Crippen LogP contribution is 2.39. The van der Waals surface area contributed by atoms with Crippen LogP contribution in [0, 0.1) is 17.8 Å². The van der Waals surface area contributed by atoms with Crippen LogP contribution in [0.2, 0.25) is 0 Å². The van der Waals surface area contributed by atoms with Crippen LogP contribution in [0.4, 0.5) is 5.69 Å². The Bertz CT molecular complexity index is 1050. The minimum absolute atomic E-state index is 0.0561. The fraction of sp³-hybridized carbons (Fsp3) is 0.692. The average Bonchev–Trinajstić information content (AvgIpc) is 3.13. The predicted molar refractivity (Wildman–Crippen MR) is 131 cm³/mol. The van der Waals surface area contributed by atoms with Crippen molar-refractivity contribution in [2.24, 2.45) is 17.8 Å². The second kappa shape index (κ2) is 9.26. The van der Waals surface area contributed by atoms with Gasteiger partial charge in [0.05, 0.1) is 4.90 Å². The second-order valence-corrected chi connectivity index (χ2v) is 12.8. The smallest absolute Gasteiger partial charge is 0.243 e. The molecule has 5 rings (SSSR count). The van der Waals surface area contributed by atoms with E-state index in [-0.39, 0.29) is 29.7 Å². The molecule has 1 aliphatic carbocycles. The third kappa shape index (κ3) is 4.28. The van der Waals surface area contributed by atoms with Gasteiger partial charge in [0.15, 0.2) is 0 Å². The molecule has 0 N–H and O–H groups in total. The van der Waals surface area contributed by atoms with Crippen LogP contribution in [0.1, 0.15) is 64.4 Å². The standard InChI is InChI=1S/C26H37N3O4S/c1-18-8-12-27(13-9-18)25(30)21-10-14-28(15-11-21)34(32,33)23-6-7-24-22(17-23)16-19(2)29(24)26(31)20-4-3-5-20/h6-7,17-21H,3-5,8-16H2,1-2H3/t19-/m0/s1. The summed E-state index contributed by atoms with van der Waals surface area (Å²) in [4.78, 5) is 30.0. The van der Waals surface area contributed by atoms with Crippen LogP contribution in [0.25, 0.3) is 0 Å². The number of fused-ring (bicyclic) bond motifs is 1. The summed E-state index contributed by atoms with van der Waals surface area (Å²) in [6, 6.07) is 5.29. The maximum atomic E-state index is 13.4. The zero-order chi connectivity index (χ0) is 24.0. The molecule has 4 aliphatic rings. The van der Waals surface area contributed by atoms with Gasteiger partial charge in [-0.2, -0.15) is 4.31 Å². The van der Waals surface area contributed by atoms with Crippen molar-refractivity contribution in [3.05, 3.63) is 23.8 Å². The molecular weight excluding hydrogens is 450 g/mol. The number of carbonyl (C=O) groups is 2. The quantitative estimate of drug-likeness (QED) is 0.652. The van der Waals surface area contributed by atoms with E-state index in [4.69, 9.17) is 0 Å². The highest BCUT2D eigenvalue weighted by atomic mass is 32.2. The minimum Gasteiger partial charge on any atom is -0.342 e. The molecule has 1 saturated carbocycles. The molecule has 0 unspecified atom stereocenters. The molecule has 3 fully saturated rings. The van der Waals surface area contributed by atoms with Crippen LogP contribution in [0.3, 0.4) is 0 Å². The zero-order valence-corrected chi connectivity index (χ0v) is 21.2. The van der Waals surface area contributed by atoms with Crippen molar-refractivity contribution in [2.45, 2.75) is 76.2 Å². The van der Waals surface area contributed by atoms with E-state index in [1.54, 1.807) is 12.1 Å². The van der Waals surface area contributed by atoms with Gasteiger partial charge in [-0.25, -0.2) is 8.42 Å². The molecule has 1 aromatic carbocycles. The number of amides is 2.